The fraction of sp³-hybridized carbons (Fsp3) is 0.286. The molecule has 3 N–H and O–H groups in total. The van der Waals surface area contributed by atoms with E-state index in [0.717, 1.165) is 11.1 Å². The van der Waals surface area contributed by atoms with Gasteiger partial charge in [-0.25, -0.2) is 0 Å². The molecule has 0 aromatic heterocycles. The number of phenolic OH excluding ortho intramolecular Hbond substituents is 1. The van der Waals surface area contributed by atoms with Gasteiger partial charge in [-0.3, -0.25) is 0 Å². The number of nitrogens with zero attached hydrogens (tertiary/aromatic N) is 1. The molecule has 3 nitrogen and oxygen atoms in total. The molecule has 0 saturated heterocycles. The third kappa shape index (κ3) is 3.79. The van der Waals surface area contributed by atoms with Crippen LogP contribution < -0.4 is 5.73 Å². The van der Waals surface area contributed by atoms with E-state index in [-0.39, 0.29) is 21.7 Å². The number of hydrogen-bond donors (Lipinski definition) is 2. The number of rotatable bonds is 2. The molecule has 0 unspecified atom stereocenters. The van der Waals surface area contributed by atoms with Crippen molar-refractivity contribution in [3.63, 3.8) is 0 Å². The van der Waals surface area contributed by atoms with Gasteiger partial charge in [0, 0.05) is 5.56 Å². The van der Waals surface area contributed by atoms with Crippen LogP contribution in [0.2, 0.25) is 0 Å². The number of benzene rings is 1. The lowest BCUT2D eigenvalue weighted by Crippen LogP contribution is -2.12. The summed E-state index contributed by atoms with van der Waals surface area (Å²) in [6.07, 6.45) is 1.61. The van der Waals surface area contributed by atoms with Crippen molar-refractivity contribution in [1.29, 1.82) is 5.26 Å². The maximum Gasteiger partial charge on any atom is 0.133 e. The van der Waals surface area contributed by atoms with Gasteiger partial charge < -0.3 is 10.8 Å². The smallest absolute Gasteiger partial charge is 0.133 e. The lowest BCUT2D eigenvalue weighted by molar-refractivity contribution is 0.443. The first-order valence-electron chi connectivity index (χ1n) is 5.61. The Bertz CT molecular complexity index is 595. The Hall–Kier alpha value is -1.38. The summed E-state index contributed by atoms with van der Waals surface area (Å²) in [6.45, 7) is 6.00. The molecule has 100 valence electrons. The van der Waals surface area contributed by atoms with Gasteiger partial charge in [0.15, 0.2) is 0 Å². The van der Waals surface area contributed by atoms with Crippen LogP contribution >= 0.6 is 28.1 Å². The van der Waals surface area contributed by atoms with Crippen molar-refractivity contribution in [2.45, 2.75) is 26.2 Å². The van der Waals surface area contributed by atoms with Crippen LogP contribution in [-0.2, 0) is 5.41 Å². The van der Waals surface area contributed by atoms with Gasteiger partial charge in [0.2, 0.25) is 0 Å². The molecule has 0 bridgehead atoms. The molecular weight excluding hydrogens is 324 g/mol. The standard InChI is InChI=1S/C14H15BrN2OS/c1-14(2,3)10-5-8(6-11(15)12(10)18)4-9(7-16)13(17)19/h4-6,18H,1-3H3,(H2,17,19)/b9-4-. The van der Waals surface area contributed by atoms with Gasteiger partial charge in [0.25, 0.3) is 0 Å². The minimum absolute atomic E-state index is 0.0593. The lowest BCUT2D eigenvalue weighted by atomic mass is 9.85. The highest BCUT2D eigenvalue weighted by molar-refractivity contribution is 9.10. The predicted molar refractivity (Wildman–Crippen MR) is 84.9 cm³/mol. The Balaban J connectivity index is 3.46. The predicted octanol–water partition coefficient (Wildman–Crippen LogP) is 3.65. The van der Waals surface area contributed by atoms with Crippen LogP contribution in [0, 0.1) is 11.3 Å². The van der Waals surface area contributed by atoms with Gasteiger partial charge in [-0.15, -0.1) is 0 Å². The monoisotopic (exact) mass is 338 g/mol. The van der Waals surface area contributed by atoms with E-state index in [1.807, 2.05) is 32.9 Å². The second kappa shape index (κ2) is 5.72. The minimum Gasteiger partial charge on any atom is -0.506 e. The number of phenols is 1. The maximum atomic E-state index is 10.1. The SMILES string of the molecule is CC(C)(C)c1cc(/C=C(/C#N)C(N)=S)cc(Br)c1O. The molecule has 0 aliphatic rings. The average Bonchev–Trinajstić information content (AvgIpc) is 2.28. The van der Waals surface area contributed by atoms with Crippen LogP contribution in [0.15, 0.2) is 22.2 Å². The number of halogens is 1. The summed E-state index contributed by atoms with van der Waals surface area (Å²) in [5.74, 6) is 0.207. The highest BCUT2D eigenvalue weighted by Gasteiger charge is 2.20. The molecule has 1 rings (SSSR count). The van der Waals surface area contributed by atoms with Crippen molar-refractivity contribution in [3.05, 3.63) is 33.3 Å². The molecule has 0 radical (unpaired) electrons. The highest BCUT2D eigenvalue weighted by atomic mass is 79.9. The van der Waals surface area contributed by atoms with Crippen molar-refractivity contribution in [1.82, 2.24) is 0 Å². The van der Waals surface area contributed by atoms with E-state index in [9.17, 15) is 5.11 Å². The summed E-state index contributed by atoms with van der Waals surface area (Å²) in [6, 6.07) is 5.51. The van der Waals surface area contributed by atoms with E-state index in [1.165, 1.54) is 0 Å². The largest absolute Gasteiger partial charge is 0.506 e. The Kier molecular flexibility index (Phi) is 4.72. The molecule has 0 aliphatic carbocycles. The molecule has 0 fully saturated rings. The third-order valence-corrected chi connectivity index (χ3v) is 3.42. The lowest BCUT2D eigenvalue weighted by Gasteiger charge is -2.21. The Labute approximate surface area is 126 Å². The Morgan fingerprint density at radius 2 is 2.05 bits per heavy atom. The summed E-state index contributed by atoms with van der Waals surface area (Å²) < 4.78 is 0.575. The summed E-state index contributed by atoms with van der Waals surface area (Å²) >= 11 is 8.12. The van der Waals surface area contributed by atoms with Gasteiger partial charge in [-0.05, 0) is 45.1 Å². The van der Waals surface area contributed by atoms with Crippen LogP contribution in [0.25, 0.3) is 6.08 Å². The number of nitriles is 1. The van der Waals surface area contributed by atoms with Crippen LogP contribution in [0.4, 0.5) is 0 Å². The fourth-order valence-electron chi connectivity index (χ4n) is 1.60. The van der Waals surface area contributed by atoms with Crippen molar-refractivity contribution in [3.8, 4) is 11.8 Å². The molecule has 1 aromatic rings. The summed E-state index contributed by atoms with van der Waals surface area (Å²) in [4.78, 5) is 0.0593. The molecule has 19 heavy (non-hydrogen) atoms. The van der Waals surface area contributed by atoms with E-state index in [4.69, 9.17) is 23.2 Å². The number of hydrogen-bond acceptors (Lipinski definition) is 3. The summed E-state index contributed by atoms with van der Waals surface area (Å²) in [5.41, 5.74) is 7.04. The van der Waals surface area contributed by atoms with Crippen LogP contribution in [0.3, 0.4) is 0 Å². The van der Waals surface area contributed by atoms with Gasteiger partial charge >= 0.3 is 0 Å². The van der Waals surface area contributed by atoms with E-state index < -0.39 is 0 Å². The van der Waals surface area contributed by atoms with E-state index in [2.05, 4.69) is 15.9 Å². The van der Waals surface area contributed by atoms with Gasteiger partial charge in [-0.2, -0.15) is 5.26 Å². The van der Waals surface area contributed by atoms with E-state index in [1.54, 1.807) is 12.1 Å². The third-order valence-electron chi connectivity index (χ3n) is 2.59. The zero-order valence-electron chi connectivity index (χ0n) is 11.0. The van der Waals surface area contributed by atoms with Crippen molar-refractivity contribution in [2.75, 3.05) is 0 Å². The first-order chi connectivity index (χ1) is 8.66. The van der Waals surface area contributed by atoms with Crippen molar-refractivity contribution in [2.24, 2.45) is 5.73 Å². The highest BCUT2D eigenvalue weighted by Crippen LogP contribution is 2.37. The second-order valence-corrected chi connectivity index (χ2v) is 6.48. The zero-order valence-corrected chi connectivity index (χ0v) is 13.4. The molecule has 0 saturated carbocycles. The first kappa shape index (κ1) is 15.7. The average molecular weight is 339 g/mol. The van der Waals surface area contributed by atoms with Crippen molar-refractivity contribution < 1.29 is 5.11 Å². The fourth-order valence-corrected chi connectivity index (χ4v) is 2.18. The summed E-state index contributed by atoms with van der Waals surface area (Å²) in [5, 5.41) is 19.0. The first-order valence-corrected chi connectivity index (χ1v) is 6.81. The maximum absolute atomic E-state index is 10.1. The molecular formula is C14H15BrN2OS. The van der Waals surface area contributed by atoms with Gasteiger partial charge in [0.1, 0.15) is 16.8 Å². The molecule has 0 aliphatic heterocycles. The molecule has 0 amide bonds. The topological polar surface area (TPSA) is 70.0 Å². The Morgan fingerprint density at radius 1 is 1.47 bits per heavy atom. The van der Waals surface area contributed by atoms with E-state index >= 15 is 0 Å². The summed E-state index contributed by atoms with van der Waals surface area (Å²) in [7, 11) is 0. The second-order valence-electron chi connectivity index (χ2n) is 5.18. The van der Waals surface area contributed by atoms with Crippen LogP contribution in [0.1, 0.15) is 31.9 Å². The minimum atomic E-state index is -0.216. The molecule has 0 spiro atoms. The molecule has 1 aromatic carbocycles. The van der Waals surface area contributed by atoms with E-state index in [0.29, 0.717) is 4.47 Å². The normalized spacial score (nSPS) is 12.1. The number of nitrogens with two attached hydrogens (primary N) is 1. The van der Waals surface area contributed by atoms with Gasteiger partial charge in [-0.1, -0.05) is 33.0 Å². The zero-order chi connectivity index (χ0) is 14.8. The number of aromatic hydroxyl groups is 1. The molecule has 0 atom stereocenters. The number of thiocarbonyl (C=S) groups is 1. The van der Waals surface area contributed by atoms with Crippen LogP contribution in [-0.4, -0.2) is 10.1 Å². The Morgan fingerprint density at radius 3 is 2.47 bits per heavy atom. The molecule has 0 heterocycles. The quantitative estimate of drug-likeness (QED) is 0.490. The molecule has 5 heteroatoms. The van der Waals surface area contributed by atoms with Crippen LogP contribution in [0.5, 0.6) is 5.75 Å². The van der Waals surface area contributed by atoms with Crippen molar-refractivity contribution >= 4 is 39.2 Å². The van der Waals surface area contributed by atoms with Gasteiger partial charge in [0.05, 0.1) is 10.0 Å².